The topological polar surface area (TPSA) is 33.1 Å². The molecule has 0 aliphatic carbocycles. The highest BCUT2D eigenvalue weighted by Crippen LogP contribution is 2.37. The molecule has 1 aromatic carbocycles. The van der Waals surface area contributed by atoms with Crippen LogP contribution in [0.4, 0.5) is 13.2 Å². The molecule has 1 N–H and O–H groups in total. The molecule has 0 fully saturated rings. The number of aliphatic hydroxyl groups excluding tert-OH is 1. The number of rotatable bonds is 2. The molecule has 0 saturated carbocycles. The fraction of sp³-hybridized carbons (Fsp3) is 0.154. The Kier molecular flexibility index (Phi) is 4.22. The van der Waals surface area contributed by atoms with Crippen molar-refractivity contribution >= 4 is 23.2 Å². The predicted molar refractivity (Wildman–Crippen MR) is 70.6 cm³/mol. The van der Waals surface area contributed by atoms with Crippen LogP contribution >= 0.6 is 23.2 Å². The minimum atomic E-state index is -4.58. The Balaban J connectivity index is 2.61. The zero-order valence-electron chi connectivity index (χ0n) is 9.88. The fourth-order valence-electron chi connectivity index (χ4n) is 1.76. The number of pyridine rings is 1. The maximum absolute atomic E-state index is 12.7. The number of nitrogens with zero attached hydrogens (tertiary/aromatic N) is 1. The van der Waals surface area contributed by atoms with Crippen molar-refractivity contribution in [1.82, 2.24) is 4.98 Å². The van der Waals surface area contributed by atoms with Gasteiger partial charge in [0.15, 0.2) is 0 Å². The standard InChI is InChI=1S/C13H8Cl2F3NO/c14-9-2-1-3-10(15)12(9)11-4-7(6-20)8(5-19-11)13(16,17)18/h1-5,20H,6H2. The Morgan fingerprint density at radius 2 is 1.75 bits per heavy atom. The number of hydrogen-bond donors (Lipinski definition) is 1. The van der Waals surface area contributed by atoms with E-state index in [0.29, 0.717) is 11.8 Å². The summed E-state index contributed by atoms with van der Waals surface area (Å²) in [7, 11) is 0. The summed E-state index contributed by atoms with van der Waals surface area (Å²) in [6.45, 7) is -0.758. The second-order valence-corrected chi connectivity index (χ2v) is 4.79. The first-order chi connectivity index (χ1) is 9.34. The summed E-state index contributed by atoms with van der Waals surface area (Å²) >= 11 is 12.0. The highest BCUT2D eigenvalue weighted by atomic mass is 35.5. The van der Waals surface area contributed by atoms with E-state index in [4.69, 9.17) is 28.3 Å². The van der Waals surface area contributed by atoms with Gasteiger partial charge in [0.2, 0.25) is 0 Å². The summed E-state index contributed by atoms with van der Waals surface area (Å²) in [4.78, 5) is 3.75. The van der Waals surface area contributed by atoms with E-state index in [2.05, 4.69) is 4.98 Å². The largest absolute Gasteiger partial charge is 0.418 e. The van der Waals surface area contributed by atoms with Crippen molar-refractivity contribution in [3.63, 3.8) is 0 Å². The van der Waals surface area contributed by atoms with Gasteiger partial charge in [0, 0.05) is 11.8 Å². The van der Waals surface area contributed by atoms with Gasteiger partial charge in [-0.3, -0.25) is 4.98 Å². The lowest BCUT2D eigenvalue weighted by molar-refractivity contribution is -0.138. The van der Waals surface area contributed by atoms with Gasteiger partial charge in [-0.2, -0.15) is 13.2 Å². The van der Waals surface area contributed by atoms with Gasteiger partial charge in [0.05, 0.1) is 27.9 Å². The van der Waals surface area contributed by atoms with E-state index in [0.717, 1.165) is 6.07 Å². The number of aliphatic hydroxyl groups is 1. The molecule has 1 heterocycles. The Labute approximate surface area is 122 Å². The summed E-state index contributed by atoms with van der Waals surface area (Å²) in [6.07, 6.45) is -3.91. The van der Waals surface area contributed by atoms with Gasteiger partial charge < -0.3 is 5.11 Å². The molecule has 0 saturated heterocycles. The second kappa shape index (κ2) is 5.60. The van der Waals surface area contributed by atoms with Crippen LogP contribution in [0.3, 0.4) is 0 Å². The smallest absolute Gasteiger partial charge is 0.392 e. The molecular weight excluding hydrogens is 314 g/mol. The molecule has 0 radical (unpaired) electrons. The van der Waals surface area contributed by atoms with Crippen LogP contribution in [0.15, 0.2) is 30.5 Å². The van der Waals surface area contributed by atoms with Gasteiger partial charge >= 0.3 is 6.18 Å². The lowest BCUT2D eigenvalue weighted by Gasteiger charge is -2.13. The van der Waals surface area contributed by atoms with Gasteiger partial charge in [-0.15, -0.1) is 0 Å². The normalized spacial score (nSPS) is 11.7. The number of halogens is 5. The molecular formula is C13H8Cl2F3NO. The van der Waals surface area contributed by atoms with Crippen molar-refractivity contribution in [2.75, 3.05) is 0 Å². The SMILES string of the molecule is OCc1cc(-c2c(Cl)cccc2Cl)ncc1C(F)(F)F. The highest BCUT2D eigenvalue weighted by Gasteiger charge is 2.34. The lowest BCUT2D eigenvalue weighted by Crippen LogP contribution is -2.10. The van der Waals surface area contributed by atoms with Gasteiger partial charge in [-0.05, 0) is 23.8 Å². The third kappa shape index (κ3) is 2.90. The lowest BCUT2D eigenvalue weighted by atomic mass is 10.1. The molecule has 0 atom stereocenters. The molecule has 0 aliphatic rings. The van der Waals surface area contributed by atoms with E-state index < -0.39 is 18.3 Å². The summed E-state index contributed by atoms with van der Waals surface area (Å²) in [6, 6.07) is 5.86. The van der Waals surface area contributed by atoms with Crippen molar-refractivity contribution in [1.29, 1.82) is 0 Å². The predicted octanol–water partition coefficient (Wildman–Crippen LogP) is 4.57. The molecule has 0 aliphatic heterocycles. The average molecular weight is 322 g/mol. The first kappa shape index (κ1) is 15.1. The summed E-state index contributed by atoms with van der Waals surface area (Å²) < 4.78 is 38.2. The summed E-state index contributed by atoms with van der Waals surface area (Å²) in [5.41, 5.74) is -0.748. The monoisotopic (exact) mass is 321 g/mol. The number of alkyl halides is 3. The van der Waals surface area contributed by atoms with Crippen LogP contribution < -0.4 is 0 Å². The van der Waals surface area contributed by atoms with Crippen molar-refractivity contribution in [2.45, 2.75) is 12.8 Å². The zero-order valence-corrected chi connectivity index (χ0v) is 11.4. The average Bonchev–Trinajstić information content (AvgIpc) is 2.37. The van der Waals surface area contributed by atoms with Crippen LogP contribution in [-0.2, 0) is 12.8 Å². The Morgan fingerprint density at radius 1 is 1.15 bits per heavy atom. The van der Waals surface area contributed by atoms with Crippen molar-refractivity contribution in [3.8, 4) is 11.3 Å². The zero-order chi connectivity index (χ0) is 14.9. The highest BCUT2D eigenvalue weighted by molar-refractivity contribution is 6.39. The molecule has 0 unspecified atom stereocenters. The van der Waals surface area contributed by atoms with Crippen LogP contribution in [0.1, 0.15) is 11.1 Å². The third-order valence-electron chi connectivity index (χ3n) is 2.68. The molecule has 2 aromatic rings. The maximum Gasteiger partial charge on any atom is 0.418 e. The van der Waals surface area contributed by atoms with Gasteiger partial charge in [0.25, 0.3) is 0 Å². The van der Waals surface area contributed by atoms with E-state index in [-0.39, 0.29) is 21.3 Å². The van der Waals surface area contributed by atoms with Crippen molar-refractivity contribution in [3.05, 3.63) is 51.6 Å². The number of benzene rings is 1. The molecule has 7 heteroatoms. The summed E-state index contributed by atoms with van der Waals surface area (Å²) in [5, 5.41) is 9.64. The summed E-state index contributed by atoms with van der Waals surface area (Å²) in [5.74, 6) is 0. The van der Waals surface area contributed by atoms with Gasteiger partial charge in [0.1, 0.15) is 0 Å². The van der Waals surface area contributed by atoms with Gasteiger partial charge in [-0.1, -0.05) is 29.3 Å². The van der Waals surface area contributed by atoms with Crippen LogP contribution in [0, 0.1) is 0 Å². The molecule has 2 nitrogen and oxygen atoms in total. The van der Waals surface area contributed by atoms with E-state index in [1.54, 1.807) is 18.2 Å². The van der Waals surface area contributed by atoms with Gasteiger partial charge in [-0.25, -0.2) is 0 Å². The second-order valence-electron chi connectivity index (χ2n) is 3.98. The molecule has 1 aromatic heterocycles. The van der Waals surface area contributed by atoms with E-state index in [1.165, 1.54) is 0 Å². The van der Waals surface area contributed by atoms with Crippen LogP contribution in [0.2, 0.25) is 10.0 Å². The Morgan fingerprint density at radius 3 is 2.25 bits per heavy atom. The van der Waals surface area contributed by atoms with E-state index in [9.17, 15) is 13.2 Å². The van der Waals surface area contributed by atoms with Crippen molar-refractivity contribution < 1.29 is 18.3 Å². The fourth-order valence-corrected chi connectivity index (χ4v) is 2.35. The minimum Gasteiger partial charge on any atom is -0.392 e. The first-order valence-corrected chi connectivity index (χ1v) is 6.21. The molecule has 0 bridgehead atoms. The third-order valence-corrected chi connectivity index (χ3v) is 3.31. The number of aromatic nitrogens is 1. The quantitative estimate of drug-likeness (QED) is 0.879. The molecule has 0 amide bonds. The Bertz CT molecular complexity index is 624. The molecule has 0 spiro atoms. The van der Waals surface area contributed by atoms with E-state index >= 15 is 0 Å². The first-order valence-electron chi connectivity index (χ1n) is 5.46. The molecule has 2 rings (SSSR count). The molecule has 20 heavy (non-hydrogen) atoms. The molecule has 106 valence electrons. The van der Waals surface area contributed by atoms with Crippen molar-refractivity contribution in [2.24, 2.45) is 0 Å². The van der Waals surface area contributed by atoms with E-state index in [1.807, 2.05) is 0 Å². The van der Waals surface area contributed by atoms with Crippen LogP contribution in [-0.4, -0.2) is 10.1 Å². The minimum absolute atomic E-state index is 0.178. The number of hydrogen-bond acceptors (Lipinski definition) is 2. The van der Waals surface area contributed by atoms with Crippen LogP contribution in [0.25, 0.3) is 11.3 Å². The maximum atomic E-state index is 12.7. The Hall–Kier alpha value is -1.30. The van der Waals surface area contributed by atoms with Crippen LogP contribution in [0.5, 0.6) is 0 Å².